The Kier molecular flexibility index (Phi) is 8.70. The Labute approximate surface area is 230 Å². The normalized spacial score (nSPS) is 21.7. The van der Waals surface area contributed by atoms with E-state index >= 15 is 0 Å². The monoisotopic (exact) mass is 536 g/mol. The third-order valence-corrected chi connectivity index (χ3v) is 8.57. The van der Waals surface area contributed by atoms with Crippen molar-refractivity contribution in [3.8, 4) is 11.6 Å². The number of carboxylic acids is 1. The lowest BCUT2D eigenvalue weighted by molar-refractivity contribution is -0.142. The quantitative estimate of drug-likeness (QED) is 0.384. The van der Waals surface area contributed by atoms with Gasteiger partial charge in [-0.15, -0.1) is 0 Å². The fraction of sp³-hybridized carbons (Fsp3) is 0.581. The van der Waals surface area contributed by atoms with Crippen LogP contribution in [0.2, 0.25) is 0 Å². The minimum absolute atomic E-state index is 0.00475. The van der Waals surface area contributed by atoms with E-state index in [-0.39, 0.29) is 17.8 Å². The number of piperidine rings is 1. The first-order valence-electron chi connectivity index (χ1n) is 14.3. The molecule has 0 radical (unpaired) electrons. The number of methoxy groups -OCH3 is 1. The van der Waals surface area contributed by atoms with Crippen molar-refractivity contribution in [2.45, 2.75) is 63.9 Å². The SMILES string of the molecule is COc1ccc(C(=O)[C@H]2CCCCO2)c(N2CCC(COc3cc([C@H](C4CC4)[C@H](C)C(=O)O)ccn3)CC2)c1. The highest BCUT2D eigenvalue weighted by atomic mass is 16.5. The Morgan fingerprint density at radius 3 is 2.56 bits per heavy atom. The number of Topliss-reactive ketones (excluding diaryl/α,β-unsaturated/α-hetero) is 1. The van der Waals surface area contributed by atoms with E-state index in [1.807, 2.05) is 30.3 Å². The smallest absolute Gasteiger partial charge is 0.306 e. The number of carbonyl (C=O) groups is 2. The molecule has 1 N–H and O–H groups in total. The van der Waals surface area contributed by atoms with E-state index in [9.17, 15) is 14.7 Å². The number of nitrogens with zero attached hydrogens (tertiary/aromatic N) is 2. The van der Waals surface area contributed by atoms with Gasteiger partial charge in [0, 0.05) is 43.6 Å². The van der Waals surface area contributed by atoms with Gasteiger partial charge in [-0.3, -0.25) is 9.59 Å². The van der Waals surface area contributed by atoms with E-state index in [2.05, 4.69) is 9.88 Å². The molecule has 5 rings (SSSR count). The predicted octanol–water partition coefficient (Wildman–Crippen LogP) is 5.35. The zero-order valence-electron chi connectivity index (χ0n) is 23.0. The van der Waals surface area contributed by atoms with Crippen LogP contribution in [0.25, 0.3) is 0 Å². The van der Waals surface area contributed by atoms with E-state index in [1.54, 1.807) is 20.2 Å². The number of aliphatic carboxylic acids is 1. The number of pyridine rings is 1. The molecule has 0 bridgehead atoms. The van der Waals surface area contributed by atoms with Crippen LogP contribution in [0.3, 0.4) is 0 Å². The standard InChI is InChI=1S/C31H40N2O6/c1-20(31(35)36)29(22-6-7-22)23-10-13-32-28(17-23)39-19-21-11-14-33(15-12-21)26-18-24(37-2)8-9-25(26)30(34)27-5-3-4-16-38-27/h8-10,13,17-18,20-22,27,29H,3-7,11-12,14-16,19H2,1-2H3,(H,35,36)/t20-,27+,29-/m0/s1. The van der Waals surface area contributed by atoms with Crippen molar-refractivity contribution >= 4 is 17.4 Å². The summed E-state index contributed by atoms with van der Waals surface area (Å²) in [6.45, 7) is 4.64. The molecule has 39 heavy (non-hydrogen) atoms. The number of hydrogen-bond acceptors (Lipinski definition) is 7. The van der Waals surface area contributed by atoms with E-state index in [1.165, 1.54) is 0 Å². The molecule has 3 atom stereocenters. The van der Waals surface area contributed by atoms with Crippen LogP contribution in [-0.4, -0.2) is 61.4 Å². The Bertz CT molecular complexity index is 1150. The molecule has 3 fully saturated rings. The maximum absolute atomic E-state index is 13.3. The molecule has 0 unspecified atom stereocenters. The van der Waals surface area contributed by atoms with Crippen molar-refractivity contribution in [2.24, 2.45) is 17.8 Å². The molecule has 1 aromatic heterocycles. The van der Waals surface area contributed by atoms with Crippen molar-refractivity contribution in [2.75, 3.05) is 38.3 Å². The average molecular weight is 537 g/mol. The summed E-state index contributed by atoms with van der Waals surface area (Å²) in [5, 5.41) is 9.60. The van der Waals surface area contributed by atoms with Gasteiger partial charge in [-0.1, -0.05) is 6.92 Å². The van der Waals surface area contributed by atoms with Gasteiger partial charge >= 0.3 is 5.97 Å². The molecule has 2 aromatic rings. The highest BCUT2D eigenvalue weighted by Crippen LogP contribution is 2.47. The van der Waals surface area contributed by atoms with Crippen LogP contribution in [0.1, 0.15) is 73.7 Å². The molecule has 0 spiro atoms. The number of carboxylic acid groups (broad SMARTS) is 1. The summed E-state index contributed by atoms with van der Waals surface area (Å²) in [7, 11) is 1.65. The molecule has 3 aliphatic rings. The minimum atomic E-state index is -0.759. The van der Waals surface area contributed by atoms with Crippen LogP contribution < -0.4 is 14.4 Å². The van der Waals surface area contributed by atoms with Gasteiger partial charge in [0.2, 0.25) is 5.88 Å². The van der Waals surface area contributed by atoms with Gasteiger partial charge < -0.3 is 24.2 Å². The van der Waals surface area contributed by atoms with Crippen molar-refractivity contribution in [1.82, 2.24) is 4.98 Å². The van der Waals surface area contributed by atoms with Crippen LogP contribution in [0.5, 0.6) is 11.6 Å². The fourth-order valence-corrected chi connectivity index (χ4v) is 6.06. The van der Waals surface area contributed by atoms with Crippen molar-refractivity contribution in [1.29, 1.82) is 0 Å². The molecule has 8 nitrogen and oxygen atoms in total. The van der Waals surface area contributed by atoms with E-state index < -0.39 is 11.9 Å². The van der Waals surface area contributed by atoms with Crippen LogP contribution in [0.15, 0.2) is 36.5 Å². The molecule has 8 heteroatoms. The molecule has 1 aromatic carbocycles. The maximum Gasteiger partial charge on any atom is 0.306 e. The largest absolute Gasteiger partial charge is 0.497 e. The van der Waals surface area contributed by atoms with Crippen molar-refractivity contribution in [3.63, 3.8) is 0 Å². The number of hydrogen-bond donors (Lipinski definition) is 1. The summed E-state index contributed by atoms with van der Waals surface area (Å²) in [4.78, 5) is 31.7. The Morgan fingerprint density at radius 1 is 1.10 bits per heavy atom. The van der Waals surface area contributed by atoms with Gasteiger partial charge in [-0.05, 0) is 86.5 Å². The average Bonchev–Trinajstić information content (AvgIpc) is 3.81. The molecular weight excluding hydrogens is 496 g/mol. The van der Waals surface area contributed by atoms with Gasteiger partial charge in [-0.2, -0.15) is 0 Å². The van der Waals surface area contributed by atoms with Crippen LogP contribution in [0.4, 0.5) is 5.69 Å². The number of aromatic nitrogens is 1. The Balaban J connectivity index is 1.20. The first-order valence-corrected chi connectivity index (χ1v) is 14.3. The molecule has 1 aliphatic carbocycles. The summed E-state index contributed by atoms with van der Waals surface area (Å²) >= 11 is 0. The predicted molar refractivity (Wildman–Crippen MR) is 148 cm³/mol. The summed E-state index contributed by atoms with van der Waals surface area (Å²) in [5.41, 5.74) is 2.63. The molecule has 2 saturated heterocycles. The summed E-state index contributed by atoms with van der Waals surface area (Å²) in [6.07, 6.45) is 8.20. The third kappa shape index (κ3) is 6.55. The zero-order valence-corrected chi connectivity index (χ0v) is 23.0. The minimum Gasteiger partial charge on any atom is -0.497 e. The summed E-state index contributed by atoms with van der Waals surface area (Å²) < 4.78 is 17.4. The van der Waals surface area contributed by atoms with E-state index in [0.29, 0.717) is 36.5 Å². The van der Waals surface area contributed by atoms with Crippen LogP contribution in [0, 0.1) is 17.8 Å². The lowest BCUT2D eigenvalue weighted by Crippen LogP contribution is -2.37. The first-order chi connectivity index (χ1) is 18.9. The van der Waals surface area contributed by atoms with Crippen molar-refractivity contribution in [3.05, 3.63) is 47.7 Å². The van der Waals surface area contributed by atoms with Crippen LogP contribution in [-0.2, 0) is 9.53 Å². The highest BCUT2D eigenvalue weighted by Gasteiger charge is 2.39. The van der Waals surface area contributed by atoms with Gasteiger partial charge in [0.15, 0.2) is 5.78 Å². The lowest BCUT2D eigenvalue weighted by Gasteiger charge is -2.35. The second-order valence-corrected chi connectivity index (χ2v) is 11.3. The number of rotatable bonds is 11. The van der Waals surface area contributed by atoms with E-state index in [0.717, 1.165) is 75.0 Å². The number of ketones is 1. The number of ether oxygens (including phenoxy) is 3. The molecule has 2 aliphatic heterocycles. The Hall–Kier alpha value is -3.13. The number of benzene rings is 1. The van der Waals surface area contributed by atoms with Gasteiger partial charge in [-0.25, -0.2) is 4.98 Å². The maximum atomic E-state index is 13.3. The topological polar surface area (TPSA) is 98.2 Å². The van der Waals surface area contributed by atoms with Gasteiger partial charge in [0.05, 0.1) is 25.3 Å². The second-order valence-electron chi connectivity index (χ2n) is 11.3. The third-order valence-electron chi connectivity index (χ3n) is 8.57. The molecule has 0 amide bonds. The number of anilines is 1. The highest BCUT2D eigenvalue weighted by molar-refractivity contribution is 6.04. The number of carbonyl (C=O) groups excluding carboxylic acids is 1. The zero-order chi connectivity index (χ0) is 27.4. The van der Waals surface area contributed by atoms with Gasteiger partial charge in [0.1, 0.15) is 11.9 Å². The van der Waals surface area contributed by atoms with Gasteiger partial charge in [0.25, 0.3) is 0 Å². The van der Waals surface area contributed by atoms with Crippen LogP contribution >= 0.6 is 0 Å². The second kappa shape index (κ2) is 12.4. The molecular formula is C31H40N2O6. The molecule has 1 saturated carbocycles. The molecule has 210 valence electrons. The van der Waals surface area contributed by atoms with Crippen molar-refractivity contribution < 1.29 is 28.9 Å². The first kappa shape index (κ1) is 27.4. The van der Waals surface area contributed by atoms with E-state index in [4.69, 9.17) is 14.2 Å². The molecule has 3 heterocycles. The Morgan fingerprint density at radius 2 is 1.90 bits per heavy atom. The summed E-state index contributed by atoms with van der Waals surface area (Å²) in [5.74, 6) is 0.959. The fourth-order valence-electron chi connectivity index (χ4n) is 6.06. The summed E-state index contributed by atoms with van der Waals surface area (Å²) in [6, 6.07) is 9.56. The lowest BCUT2D eigenvalue weighted by atomic mass is 9.84.